The van der Waals surface area contributed by atoms with Gasteiger partial charge in [-0.25, -0.2) is 0 Å². The summed E-state index contributed by atoms with van der Waals surface area (Å²) in [5.74, 6) is 0. The van der Waals surface area contributed by atoms with Gasteiger partial charge in [0.05, 0.1) is 11.0 Å². The second kappa shape index (κ2) is 6.86. The Hall–Kier alpha value is -5.09. The van der Waals surface area contributed by atoms with E-state index in [0.717, 1.165) is 5.56 Å². The Bertz CT molecular complexity index is 2200. The molecule has 0 atom stereocenters. The van der Waals surface area contributed by atoms with Crippen LogP contribution in [0.3, 0.4) is 0 Å². The zero-order valence-corrected chi connectivity index (χ0v) is 21.0. The fourth-order valence-corrected chi connectivity index (χ4v) is 7.52. The molecule has 0 unspecified atom stereocenters. The van der Waals surface area contributed by atoms with Gasteiger partial charge in [0, 0.05) is 61.9 Å². The van der Waals surface area contributed by atoms with Crippen molar-refractivity contribution in [3.63, 3.8) is 0 Å². The summed E-state index contributed by atoms with van der Waals surface area (Å²) in [5.41, 5.74) is 14.2. The summed E-state index contributed by atoms with van der Waals surface area (Å²) in [4.78, 5) is 4.47. The average Bonchev–Trinajstić information content (AvgIpc) is 3.52. The van der Waals surface area contributed by atoms with Gasteiger partial charge in [0.25, 0.3) is 6.71 Å². The summed E-state index contributed by atoms with van der Waals surface area (Å²) >= 11 is 0. The van der Waals surface area contributed by atoms with E-state index in [1.54, 1.807) is 0 Å². The third-order valence-corrected chi connectivity index (χ3v) is 8.98. The Morgan fingerprint density at radius 3 is 1.64 bits per heavy atom. The van der Waals surface area contributed by atoms with E-state index in [9.17, 15) is 0 Å². The SMILES string of the molecule is c1cncc(-c2cc3c4c(c2)-n2c5ccccc5c5cccc(c52)B4c2cccc4c5ccccc5n-3c24)c1. The maximum absolute atomic E-state index is 4.47. The molecule has 0 spiro atoms. The van der Waals surface area contributed by atoms with Crippen molar-refractivity contribution in [1.82, 2.24) is 14.1 Å². The molecule has 8 aromatic rings. The van der Waals surface area contributed by atoms with Gasteiger partial charge in [-0.05, 0) is 52.3 Å². The lowest BCUT2D eigenvalue weighted by Crippen LogP contribution is -2.59. The van der Waals surface area contributed by atoms with Crippen LogP contribution in [0.15, 0.2) is 122 Å². The van der Waals surface area contributed by atoms with Crippen LogP contribution >= 0.6 is 0 Å². The molecule has 0 saturated heterocycles. The predicted molar refractivity (Wildman–Crippen MR) is 163 cm³/mol. The predicted octanol–water partition coefficient (Wildman–Crippen LogP) is 6.09. The molecular weight excluding hydrogens is 473 g/mol. The molecule has 0 N–H and O–H groups in total. The van der Waals surface area contributed by atoms with Crippen molar-refractivity contribution in [2.75, 3.05) is 0 Å². The number of hydrogen-bond acceptors (Lipinski definition) is 1. The molecule has 2 aliphatic rings. The van der Waals surface area contributed by atoms with Crippen LogP contribution in [0.1, 0.15) is 0 Å². The van der Waals surface area contributed by atoms with Crippen LogP contribution in [0.4, 0.5) is 0 Å². The molecule has 2 aliphatic heterocycles. The van der Waals surface area contributed by atoms with E-state index in [2.05, 4.69) is 117 Å². The number of nitrogens with zero attached hydrogens (tertiary/aromatic N) is 3. The lowest BCUT2D eigenvalue weighted by molar-refractivity contribution is 1.14. The maximum atomic E-state index is 4.47. The molecule has 0 amide bonds. The van der Waals surface area contributed by atoms with Crippen molar-refractivity contribution in [1.29, 1.82) is 0 Å². The van der Waals surface area contributed by atoms with Gasteiger partial charge in [-0.1, -0.05) is 78.9 Å². The summed E-state index contributed by atoms with van der Waals surface area (Å²) in [6, 6.07) is 40.4. The Morgan fingerprint density at radius 1 is 0.513 bits per heavy atom. The second-order valence-corrected chi connectivity index (χ2v) is 10.8. The number of fused-ring (bicyclic) bond motifs is 10. The molecule has 3 aromatic heterocycles. The third-order valence-electron chi connectivity index (χ3n) is 8.98. The van der Waals surface area contributed by atoms with E-state index in [0.29, 0.717) is 0 Å². The minimum atomic E-state index is 0.166. The highest BCUT2D eigenvalue weighted by Gasteiger charge is 2.40. The van der Waals surface area contributed by atoms with E-state index in [1.807, 2.05) is 18.5 Å². The van der Waals surface area contributed by atoms with E-state index in [4.69, 9.17) is 0 Å². The smallest absolute Gasteiger partial charge is 0.252 e. The van der Waals surface area contributed by atoms with Gasteiger partial charge in [-0.2, -0.15) is 0 Å². The van der Waals surface area contributed by atoms with Crippen molar-refractivity contribution in [2.24, 2.45) is 0 Å². The molecule has 0 saturated carbocycles. The first-order valence-electron chi connectivity index (χ1n) is 13.5. The molecule has 39 heavy (non-hydrogen) atoms. The Labute approximate surface area is 224 Å². The van der Waals surface area contributed by atoms with Crippen LogP contribution in [0.25, 0.3) is 66.1 Å². The number of rotatable bonds is 1. The molecule has 5 aromatic carbocycles. The Kier molecular flexibility index (Phi) is 3.51. The van der Waals surface area contributed by atoms with Gasteiger partial charge in [0.1, 0.15) is 0 Å². The number of aromatic nitrogens is 3. The Balaban J connectivity index is 1.49. The normalized spacial score (nSPS) is 13.1. The molecule has 0 radical (unpaired) electrons. The molecule has 5 heterocycles. The largest absolute Gasteiger partial charge is 0.310 e. The summed E-state index contributed by atoms with van der Waals surface area (Å²) in [6.45, 7) is 0.166. The van der Waals surface area contributed by atoms with Crippen LogP contribution in [0, 0.1) is 0 Å². The molecule has 3 nitrogen and oxygen atoms in total. The van der Waals surface area contributed by atoms with Crippen LogP contribution < -0.4 is 16.4 Å². The number of para-hydroxylation sites is 4. The van der Waals surface area contributed by atoms with E-state index < -0.39 is 0 Å². The molecule has 0 bridgehead atoms. The van der Waals surface area contributed by atoms with Gasteiger partial charge < -0.3 is 9.13 Å². The fourth-order valence-electron chi connectivity index (χ4n) is 7.52. The highest BCUT2D eigenvalue weighted by molar-refractivity contribution is 7.00. The van der Waals surface area contributed by atoms with Crippen LogP contribution in [-0.2, 0) is 0 Å². The average molecular weight is 493 g/mol. The second-order valence-electron chi connectivity index (χ2n) is 10.8. The molecule has 0 aliphatic carbocycles. The molecular formula is C35H20BN3. The summed E-state index contributed by atoms with van der Waals surface area (Å²) in [6.07, 6.45) is 3.83. The monoisotopic (exact) mass is 493 g/mol. The molecule has 4 heteroatoms. The van der Waals surface area contributed by atoms with Crippen molar-refractivity contribution in [3.05, 3.63) is 122 Å². The van der Waals surface area contributed by atoms with E-state index >= 15 is 0 Å². The van der Waals surface area contributed by atoms with Gasteiger partial charge in [-0.15, -0.1) is 0 Å². The quantitative estimate of drug-likeness (QED) is 0.254. The number of hydrogen-bond donors (Lipinski definition) is 0. The van der Waals surface area contributed by atoms with Gasteiger partial charge in [0.2, 0.25) is 0 Å². The highest BCUT2D eigenvalue weighted by atomic mass is 15.0. The molecule has 178 valence electrons. The van der Waals surface area contributed by atoms with Crippen molar-refractivity contribution in [3.8, 4) is 22.5 Å². The minimum Gasteiger partial charge on any atom is -0.310 e. The van der Waals surface area contributed by atoms with Crippen molar-refractivity contribution < 1.29 is 0 Å². The van der Waals surface area contributed by atoms with Gasteiger partial charge >= 0.3 is 0 Å². The lowest BCUT2D eigenvalue weighted by atomic mass is 9.34. The molecule has 0 fully saturated rings. The van der Waals surface area contributed by atoms with Crippen LogP contribution in [0.5, 0.6) is 0 Å². The van der Waals surface area contributed by atoms with Crippen molar-refractivity contribution in [2.45, 2.75) is 0 Å². The van der Waals surface area contributed by atoms with Crippen LogP contribution in [-0.4, -0.2) is 20.8 Å². The Morgan fingerprint density at radius 2 is 1.08 bits per heavy atom. The van der Waals surface area contributed by atoms with Gasteiger partial charge in [0.15, 0.2) is 0 Å². The first kappa shape index (κ1) is 20.0. The maximum Gasteiger partial charge on any atom is 0.252 e. The first-order chi connectivity index (χ1) is 19.4. The zero-order chi connectivity index (χ0) is 25.2. The number of pyridine rings is 1. The molecule has 10 rings (SSSR count). The van der Waals surface area contributed by atoms with Crippen molar-refractivity contribution >= 4 is 66.7 Å². The lowest BCUT2D eigenvalue weighted by Gasteiger charge is -2.34. The van der Waals surface area contributed by atoms with E-state index in [-0.39, 0.29) is 6.71 Å². The third kappa shape index (κ3) is 2.30. The highest BCUT2D eigenvalue weighted by Crippen LogP contribution is 2.40. The summed E-state index contributed by atoms with van der Waals surface area (Å²) < 4.78 is 5.04. The number of benzene rings is 5. The summed E-state index contributed by atoms with van der Waals surface area (Å²) in [5, 5.41) is 5.24. The minimum absolute atomic E-state index is 0.166. The van der Waals surface area contributed by atoms with Gasteiger partial charge in [-0.3, -0.25) is 4.98 Å². The van der Waals surface area contributed by atoms with E-state index in [1.165, 1.54) is 76.9 Å². The topological polar surface area (TPSA) is 22.8 Å². The summed E-state index contributed by atoms with van der Waals surface area (Å²) in [7, 11) is 0. The first-order valence-corrected chi connectivity index (χ1v) is 13.5. The zero-order valence-electron chi connectivity index (χ0n) is 21.0. The standard InChI is InChI=1S/C35H20BN3/c1-3-15-29-23(9-1)25-11-5-13-27-34(25)38(29)31-18-22(21-8-7-17-37-20-21)19-32-33(31)36(27)28-14-6-12-26-24-10-2-4-16-30(24)39(32)35(26)28/h1-20H. The fraction of sp³-hybridized carbons (Fsp3) is 0. The van der Waals surface area contributed by atoms with Crippen LogP contribution in [0.2, 0.25) is 0 Å².